The Kier molecular flexibility index (Phi) is 5.72. The Morgan fingerprint density at radius 2 is 1.87 bits per heavy atom. The molecule has 0 saturated heterocycles. The molecule has 0 aliphatic rings. The molecule has 0 unspecified atom stereocenters. The number of aromatic nitrogens is 1. The fraction of sp³-hybridized carbons (Fsp3) is 0.167. The van der Waals surface area contributed by atoms with E-state index in [-0.39, 0.29) is 6.42 Å². The number of hydrogen-bond acceptors (Lipinski definition) is 4. The van der Waals surface area contributed by atoms with Crippen molar-refractivity contribution in [3.8, 4) is 22.8 Å². The molecule has 4 rings (SSSR count). The van der Waals surface area contributed by atoms with Crippen LogP contribution in [0.5, 0.6) is 11.5 Å². The molecule has 0 radical (unpaired) electrons. The van der Waals surface area contributed by atoms with Crippen LogP contribution in [0.3, 0.4) is 0 Å². The predicted molar refractivity (Wildman–Crippen MR) is 116 cm³/mol. The molecule has 30 heavy (non-hydrogen) atoms. The van der Waals surface area contributed by atoms with Gasteiger partial charge in [0.25, 0.3) is 0 Å². The molecule has 0 amide bonds. The molecule has 0 aliphatic carbocycles. The van der Waals surface area contributed by atoms with Crippen LogP contribution in [0.1, 0.15) is 24.5 Å². The number of halogens is 1. The lowest BCUT2D eigenvalue weighted by Gasteiger charge is -2.15. The number of carbonyl (C=O) groups is 1. The van der Waals surface area contributed by atoms with E-state index in [0.29, 0.717) is 34.1 Å². The van der Waals surface area contributed by atoms with Crippen LogP contribution in [0.15, 0.2) is 65.2 Å². The number of rotatable bonds is 7. The molecule has 1 heterocycles. The highest BCUT2D eigenvalue weighted by molar-refractivity contribution is 6.33. The van der Waals surface area contributed by atoms with Gasteiger partial charge in [-0.05, 0) is 18.6 Å². The molecule has 3 aromatic carbocycles. The van der Waals surface area contributed by atoms with Crippen LogP contribution in [0, 0.1) is 0 Å². The second-order valence-corrected chi connectivity index (χ2v) is 7.38. The normalized spacial score (nSPS) is 11.0. The second kappa shape index (κ2) is 8.59. The van der Waals surface area contributed by atoms with Gasteiger partial charge in [0.05, 0.1) is 16.8 Å². The van der Waals surface area contributed by atoms with Gasteiger partial charge >= 0.3 is 5.97 Å². The summed E-state index contributed by atoms with van der Waals surface area (Å²) in [5, 5.41) is 14.7. The van der Waals surface area contributed by atoms with Gasteiger partial charge < -0.3 is 14.4 Å². The number of fused-ring (bicyclic) bond motifs is 1. The monoisotopic (exact) mass is 421 g/mol. The van der Waals surface area contributed by atoms with Gasteiger partial charge in [-0.1, -0.05) is 78.6 Å². The standard InChI is InChI=1S/C24H20ClNO4/c1-2-8-17-23-18(22(26-30-23)15-9-4-3-5-10-15)14-19(25)24(17)29-20-12-7-6-11-16(20)13-21(27)28/h3-7,9-12,14H,2,8,13H2,1H3,(H,27,28). The van der Waals surface area contributed by atoms with Crippen LogP contribution in [-0.2, 0) is 17.6 Å². The summed E-state index contributed by atoms with van der Waals surface area (Å²) in [5.41, 5.74) is 3.69. The van der Waals surface area contributed by atoms with Gasteiger partial charge in [0.15, 0.2) is 11.3 Å². The van der Waals surface area contributed by atoms with Crippen molar-refractivity contribution >= 4 is 28.5 Å². The Morgan fingerprint density at radius 1 is 1.13 bits per heavy atom. The average molecular weight is 422 g/mol. The Morgan fingerprint density at radius 3 is 2.60 bits per heavy atom. The molecule has 4 aromatic rings. The van der Waals surface area contributed by atoms with E-state index in [4.69, 9.17) is 20.9 Å². The maximum Gasteiger partial charge on any atom is 0.307 e. The Labute approximate surface area is 178 Å². The lowest BCUT2D eigenvalue weighted by molar-refractivity contribution is -0.136. The Hall–Kier alpha value is -3.31. The van der Waals surface area contributed by atoms with Gasteiger partial charge in [0.1, 0.15) is 11.4 Å². The van der Waals surface area contributed by atoms with Crippen LogP contribution in [0.25, 0.3) is 22.2 Å². The molecule has 5 nitrogen and oxygen atoms in total. The van der Waals surface area contributed by atoms with Crippen LogP contribution in [0.2, 0.25) is 5.02 Å². The summed E-state index contributed by atoms with van der Waals surface area (Å²) in [6, 6.07) is 18.6. The molecule has 0 fully saturated rings. The van der Waals surface area contributed by atoms with Crippen molar-refractivity contribution in [2.75, 3.05) is 0 Å². The molecular formula is C24H20ClNO4. The first-order valence-electron chi connectivity index (χ1n) is 9.72. The highest BCUT2D eigenvalue weighted by Gasteiger charge is 2.22. The first-order chi connectivity index (χ1) is 14.6. The number of nitrogens with zero attached hydrogens (tertiary/aromatic N) is 1. The minimum Gasteiger partial charge on any atom is -0.481 e. The number of carboxylic acid groups (broad SMARTS) is 1. The summed E-state index contributed by atoms with van der Waals surface area (Å²) in [5.74, 6) is 0.00466. The topological polar surface area (TPSA) is 72.6 Å². The minimum absolute atomic E-state index is 0.139. The van der Waals surface area contributed by atoms with Gasteiger partial charge in [0, 0.05) is 16.7 Å². The summed E-state index contributed by atoms with van der Waals surface area (Å²) < 4.78 is 11.9. The van der Waals surface area contributed by atoms with Crippen LogP contribution < -0.4 is 4.74 Å². The fourth-order valence-corrected chi connectivity index (χ4v) is 3.76. The number of aryl methyl sites for hydroxylation is 1. The average Bonchev–Trinajstić information content (AvgIpc) is 3.15. The molecule has 1 N–H and O–H groups in total. The fourth-order valence-electron chi connectivity index (χ4n) is 3.50. The minimum atomic E-state index is -0.927. The van der Waals surface area contributed by atoms with Crippen molar-refractivity contribution in [2.24, 2.45) is 0 Å². The number of ether oxygens (including phenoxy) is 1. The predicted octanol–water partition coefficient (Wildman–Crippen LogP) is 6.52. The third-order valence-corrected chi connectivity index (χ3v) is 5.12. The molecule has 1 aromatic heterocycles. The third kappa shape index (κ3) is 3.89. The Bertz CT molecular complexity index is 1200. The molecule has 0 atom stereocenters. The third-order valence-electron chi connectivity index (χ3n) is 4.84. The highest BCUT2D eigenvalue weighted by atomic mass is 35.5. The summed E-state index contributed by atoms with van der Waals surface area (Å²) in [6.45, 7) is 2.06. The van der Waals surface area contributed by atoms with Gasteiger partial charge in [0.2, 0.25) is 0 Å². The van der Waals surface area contributed by atoms with E-state index in [1.807, 2.05) is 30.3 Å². The first kappa shape index (κ1) is 20.0. The summed E-state index contributed by atoms with van der Waals surface area (Å²) in [7, 11) is 0. The number of benzene rings is 3. The lowest BCUT2D eigenvalue weighted by Crippen LogP contribution is -2.03. The van der Waals surface area contributed by atoms with Crippen LogP contribution >= 0.6 is 11.6 Å². The van der Waals surface area contributed by atoms with Crippen molar-refractivity contribution in [1.29, 1.82) is 0 Å². The van der Waals surface area contributed by atoms with Crippen molar-refractivity contribution in [3.05, 3.63) is 76.8 Å². The zero-order valence-corrected chi connectivity index (χ0v) is 17.1. The van der Waals surface area contributed by atoms with Gasteiger partial charge in [-0.3, -0.25) is 4.79 Å². The number of aliphatic carboxylic acids is 1. The summed E-state index contributed by atoms with van der Waals surface area (Å²) in [6.07, 6.45) is 1.39. The molecule has 0 aliphatic heterocycles. The number of carboxylic acids is 1. The van der Waals surface area contributed by atoms with Gasteiger partial charge in [-0.25, -0.2) is 0 Å². The van der Waals surface area contributed by atoms with Crippen LogP contribution in [-0.4, -0.2) is 16.2 Å². The van der Waals surface area contributed by atoms with Gasteiger partial charge in [-0.15, -0.1) is 0 Å². The number of para-hydroxylation sites is 1. The van der Waals surface area contributed by atoms with E-state index >= 15 is 0 Å². The molecule has 152 valence electrons. The van der Waals surface area contributed by atoms with Gasteiger partial charge in [-0.2, -0.15) is 0 Å². The SMILES string of the molecule is CCCc1c(Oc2ccccc2CC(=O)O)c(Cl)cc2c(-c3ccccc3)noc12. The van der Waals surface area contributed by atoms with E-state index < -0.39 is 5.97 Å². The summed E-state index contributed by atoms with van der Waals surface area (Å²) in [4.78, 5) is 11.2. The van der Waals surface area contributed by atoms with E-state index in [0.717, 1.165) is 28.6 Å². The molecule has 0 saturated carbocycles. The molecule has 0 bridgehead atoms. The van der Waals surface area contributed by atoms with Crippen molar-refractivity contribution in [3.63, 3.8) is 0 Å². The zero-order valence-electron chi connectivity index (χ0n) is 16.4. The van der Waals surface area contributed by atoms with E-state index in [2.05, 4.69) is 12.1 Å². The quantitative estimate of drug-likeness (QED) is 0.367. The highest BCUT2D eigenvalue weighted by Crippen LogP contribution is 2.42. The Balaban J connectivity index is 1.84. The first-order valence-corrected chi connectivity index (χ1v) is 10.1. The maximum absolute atomic E-state index is 11.2. The van der Waals surface area contributed by atoms with Crippen molar-refractivity contribution in [1.82, 2.24) is 5.16 Å². The van der Waals surface area contributed by atoms with Crippen molar-refractivity contribution < 1.29 is 19.2 Å². The second-order valence-electron chi connectivity index (χ2n) is 6.97. The summed E-state index contributed by atoms with van der Waals surface area (Å²) >= 11 is 6.66. The largest absolute Gasteiger partial charge is 0.481 e. The zero-order chi connectivity index (χ0) is 21.1. The van der Waals surface area contributed by atoms with E-state index in [9.17, 15) is 9.90 Å². The lowest BCUT2D eigenvalue weighted by atomic mass is 10.0. The van der Waals surface area contributed by atoms with Crippen LogP contribution in [0.4, 0.5) is 0 Å². The smallest absolute Gasteiger partial charge is 0.307 e. The molecular weight excluding hydrogens is 402 g/mol. The number of hydrogen-bond donors (Lipinski definition) is 1. The maximum atomic E-state index is 11.2. The molecule has 0 spiro atoms. The van der Waals surface area contributed by atoms with E-state index in [1.165, 1.54) is 0 Å². The molecule has 6 heteroatoms. The van der Waals surface area contributed by atoms with E-state index in [1.54, 1.807) is 30.3 Å². The van der Waals surface area contributed by atoms with Crippen molar-refractivity contribution in [2.45, 2.75) is 26.2 Å².